The van der Waals surface area contributed by atoms with Crippen LogP contribution in [-0.4, -0.2) is 42.4 Å². The van der Waals surface area contributed by atoms with Crippen molar-refractivity contribution in [3.05, 3.63) is 29.8 Å². The van der Waals surface area contributed by atoms with Crippen LogP contribution in [0.15, 0.2) is 24.3 Å². The molecule has 2 unspecified atom stereocenters. The van der Waals surface area contributed by atoms with E-state index in [1.807, 2.05) is 24.3 Å². The summed E-state index contributed by atoms with van der Waals surface area (Å²) in [5.74, 6) is 1.49. The summed E-state index contributed by atoms with van der Waals surface area (Å²) < 4.78 is 5.81. The Hall–Kier alpha value is -1.10. The van der Waals surface area contributed by atoms with E-state index >= 15 is 0 Å². The van der Waals surface area contributed by atoms with Crippen LogP contribution in [0.2, 0.25) is 0 Å². The summed E-state index contributed by atoms with van der Waals surface area (Å²) in [5.41, 5.74) is 6.74. The molecule has 4 heteroatoms. The number of nitrogens with zero attached hydrogens (tertiary/aromatic N) is 1. The predicted molar refractivity (Wildman–Crippen MR) is 80.7 cm³/mol. The number of para-hydroxylation sites is 1. The number of rotatable bonds is 7. The van der Waals surface area contributed by atoms with Crippen LogP contribution in [0.3, 0.4) is 0 Å². The molecule has 112 valence electrons. The van der Waals surface area contributed by atoms with Crippen molar-refractivity contribution >= 4 is 0 Å². The molecule has 0 aromatic heterocycles. The Morgan fingerprint density at radius 1 is 1.40 bits per heavy atom. The topological polar surface area (TPSA) is 58.7 Å². The number of hydrogen-bond acceptors (Lipinski definition) is 4. The fraction of sp³-hybridized carbons (Fsp3) is 0.625. The molecule has 1 saturated heterocycles. The minimum atomic E-state index is 0.262. The Morgan fingerprint density at radius 3 is 2.95 bits per heavy atom. The third-order valence-corrected chi connectivity index (χ3v) is 4.22. The molecule has 1 aliphatic heterocycles. The SMILES string of the molecule is CC1CCN(CCCOc2ccccc2CN)C1CO. The summed E-state index contributed by atoms with van der Waals surface area (Å²) in [6, 6.07) is 8.24. The van der Waals surface area contributed by atoms with Gasteiger partial charge in [0.05, 0.1) is 13.2 Å². The van der Waals surface area contributed by atoms with Crippen molar-refractivity contribution in [2.75, 3.05) is 26.3 Å². The van der Waals surface area contributed by atoms with Gasteiger partial charge in [-0.15, -0.1) is 0 Å². The number of hydrogen-bond donors (Lipinski definition) is 2. The second kappa shape index (κ2) is 7.62. The molecule has 1 aliphatic rings. The fourth-order valence-corrected chi connectivity index (χ4v) is 2.92. The first-order chi connectivity index (χ1) is 9.76. The number of likely N-dealkylation sites (tertiary alicyclic amines) is 1. The highest BCUT2D eigenvalue weighted by molar-refractivity contribution is 5.32. The molecular formula is C16H26N2O2. The molecule has 1 aromatic carbocycles. The predicted octanol–water partition coefficient (Wildman–Crippen LogP) is 1.62. The zero-order valence-corrected chi connectivity index (χ0v) is 12.3. The lowest BCUT2D eigenvalue weighted by Crippen LogP contribution is -2.36. The number of ether oxygens (including phenoxy) is 1. The van der Waals surface area contributed by atoms with Crippen LogP contribution in [0, 0.1) is 5.92 Å². The van der Waals surface area contributed by atoms with Gasteiger partial charge >= 0.3 is 0 Å². The van der Waals surface area contributed by atoms with E-state index in [4.69, 9.17) is 10.5 Å². The van der Waals surface area contributed by atoms with Crippen molar-refractivity contribution in [2.24, 2.45) is 11.7 Å². The van der Waals surface area contributed by atoms with Crippen molar-refractivity contribution in [3.63, 3.8) is 0 Å². The molecule has 0 amide bonds. The van der Waals surface area contributed by atoms with Crippen LogP contribution < -0.4 is 10.5 Å². The first-order valence-electron chi connectivity index (χ1n) is 7.52. The molecule has 2 atom stereocenters. The maximum absolute atomic E-state index is 9.42. The zero-order chi connectivity index (χ0) is 14.4. The van der Waals surface area contributed by atoms with Gasteiger partial charge < -0.3 is 15.6 Å². The van der Waals surface area contributed by atoms with Crippen LogP contribution in [0.5, 0.6) is 5.75 Å². The monoisotopic (exact) mass is 278 g/mol. The molecule has 0 saturated carbocycles. The van der Waals surface area contributed by atoms with Crippen LogP contribution in [0.4, 0.5) is 0 Å². The minimum Gasteiger partial charge on any atom is -0.493 e. The van der Waals surface area contributed by atoms with E-state index in [0.29, 0.717) is 25.1 Å². The lowest BCUT2D eigenvalue weighted by molar-refractivity contribution is 0.132. The van der Waals surface area contributed by atoms with Gasteiger partial charge in [0.2, 0.25) is 0 Å². The molecule has 3 N–H and O–H groups in total. The largest absolute Gasteiger partial charge is 0.493 e. The maximum atomic E-state index is 9.42. The lowest BCUT2D eigenvalue weighted by atomic mass is 10.0. The number of nitrogens with two attached hydrogens (primary N) is 1. The van der Waals surface area contributed by atoms with Crippen molar-refractivity contribution in [2.45, 2.75) is 32.4 Å². The standard InChI is InChI=1S/C16H26N2O2/c1-13-7-9-18(15(13)12-19)8-4-10-20-16-6-3-2-5-14(16)11-17/h2-3,5-6,13,15,19H,4,7-12,17H2,1H3. The summed E-state index contributed by atoms with van der Waals surface area (Å²) in [6.45, 7) is 5.76. The minimum absolute atomic E-state index is 0.262. The summed E-state index contributed by atoms with van der Waals surface area (Å²) in [5, 5.41) is 9.42. The quantitative estimate of drug-likeness (QED) is 0.744. The zero-order valence-electron chi connectivity index (χ0n) is 12.3. The molecule has 0 aliphatic carbocycles. The molecule has 1 aromatic rings. The van der Waals surface area contributed by atoms with Gasteiger partial charge in [-0.3, -0.25) is 4.90 Å². The highest BCUT2D eigenvalue weighted by Crippen LogP contribution is 2.23. The van der Waals surface area contributed by atoms with Crippen LogP contribution in [-0.2, 0) is 6.54 Å². The van der Waals surface area contributed by atoms with Gasteiger partial charge in [0.25, 0.3) is 0 Å². The molecule has 2 rings (SSSR count). The van der Waals surface area contributed by atoms with Crippen molar-refractivity contribution < 1.29 is 9.84 Å². The Labute approximate surface area is 121 Å². The molecule has 0 bridgehead atoms. The summed E-state index contributed by atoms with van der Waals surface area (Å²) in [4.78, 5) is 2.38. The van der Waals surface area contributed by atoms with Gasteiger partial charge in [-0.25, -0.2) is 0 Å². The molecule has 1 heterocycles. The van der Waals surface area contributed by atoms with Gasteiger partial charge in [0.1, 0.15) is 5.75 Å². The van der Waals surface area contributed by atoms with Crippen molar-refractivity contribution in [3.8, 4) is 5.75 Å². The number of aliphatic hydroxyl groups excluding tert-OH is 1. The van der Waals surface area contributed by atoms with Gasteiger partial charge in [-0.2, -0.15) is 0 Å². The third kappa shape index (κ3) is 3.72. The fourth-order valence-electron chi connectivity index (χ4n) is 2.92. The van der Waals surface area contributed by atoms with Gasteiger partial charge in [0, 0.05) is 24.7 Å². The van der Waals surface area contributed by atoms with E-state index in [1.165, 1.54) is 6.42 Å². The van der Waals surface area contributed by atoms with Crippen LogP contribution >= 0.6 is 0 Å². The second-order valence-electron chi connectivity index (χ2n) is 5.57. The summed E-state index contributed by atoms with van der Waals surface area (Å²) in [7, 11) is 0. The van der Waals surface area contributed by atoms with E-state index in [2.05, 4.69) is 11.8 Å². The van der Waals surface area contributed by atoms with Crippen molar-refractivity contribution in [1.82, 2.24) is 4.90 Å². The van der Waals surface area contributed by atoms with E-state index in [0.717, 1.165) is 30.8 Å². The number of benzene rings is 1. The Bertz CT molecular complexity index is 411. The van der Waals surface area contributed by atoms with Gasteiger partial charge in [-0.1, -0.05) is 25.1 Å². The van der Waals surface area contributed by atoms with Crippen LogP contribution in [0.1, 0.15) is 25.3 Å². The average Bonchev–Trinajstić information content (AvgIpc) is 2.84. The normalized spacial score (nSPS) is 23.1. The first kappa shape index (κ1) is 15.3. The molecule has 1 fully saturated rings. The van der Waals surface area contributed by atoms with E-state index < -0.39 is 0 Å². The first-order valence-corrected chi connectivity index (χ1v) is 7.52. The molecule has 20 heavy (non-hydrogen) atoms. The molecule has 0 radical (unpaired) electrons. The Balaban J connectivity index is 1.74. The third-order valence-electron chi connectivity index (χ3n) is 4.22. The van der Waals surface area contributed by atoms with E-state index in [-0.39, 0.29) is 6.61 Å². The molecular weight excluding hydrogens is 252 g/mol. The van der Waals surface area contributed by atoms with Gasteiger partial charge in [-0.05, 0) is 31.4 Å². The smallest absolute Gasteiger partial charge is 0.123 e. The van der Waals surface area contributed by atoms with Crippen molar-refractivity contribution in [1.29, 1.82) is 0 Å². The van der Waals surface area contributed by atoms with E-state index in [9.17, 15) is 5.11 Å². The molecule has 0 spiro atoms. The second-order valence-corrected chi connectivity index (χ2v) is 5.57. The van der Waals surface area contributed by atoms with Crippen LogP contribution in [0.25, 0.3) is 0 Å². The maximum Gasteiger partial charge on any atom is 0.123 e. The van der Waals surface area contributed by atoms with E-state index in [1.54, 1.807) is 0 Å². The Morgan fingerprint density at radius 2 is 2.20 bits per heavy atom. The Kier molecular flexibility index (Phi) is 5.83. The van der Waals surface area contributed by atoms with Gasteiger partial charge in [0.15, 0.2) is 0 Å². The highest BCUT2D eigenvalue weighted by atomic mass is 16.5. The highest BCUT2D eigenvalue weighted by Gasteiger charge is 2.29. The average molecular weight is 278 g/mol. The summed E-state index contributed by atoms with van der Waals surface area (Å²) in [6.07, 6.45) is 2.16. The summed E-state index contributed by atoms with van der Waals surface area (Å²) >= 11 is 0. The number of aliphatic hydroxyl groups is 1. The molecule has 4 nitrogen and oxygen atoms in total. The lowest BCUT2D eigenvalue weighted by Gasteiger charge is -2.24.